The molecule has 2 heterocycles. The van der Waals surface area contributed by atoms with E-state index >= 15 is 0 Å². The maximum Gasteiger partial charge on any atom is 0.267 e. The predicted molar refractivity (Wildman–Crippen MR) is 66.7 cm³/mol. The minimum atomic E-state index is -0.120. The van der Waals surface area contributed by atoms with Gasteiger partial charge in [0.2, 0.25) is 0 Å². The molecule has 0 spiro atoms. The summed E-state index contributed by atoms with van der Waals surface area (Å²) in [5.74, 6) is 1.84. The molecule has 0 saturated carbocycles. The normalized spacial score (nSPS) is 21.7. The van der Waals surface area contributed by atoms with Crippen LogP contribution in [0.3, 0.4) is 0 Å². The molecule has 4 nitrogen and oxygen atoms in total. The van der Waals surface area contributed by atoms with E-state index in [0.29, 0.717) is 9.72 Å². The Hall–Kier alpha value is -0.490. The smallest absolute Gasteiger partial charge is 0.267 e. The van der Waals surface area contributed by atoms with E-state index in [2.05, 4.69) is 37.7 Å². The summed E-state index contributed by atoms with van der Waals surface area (Å²) in [6.07, 6.45) is 1.45. The Labute approximate surface area is 101 Å². The number of H-pyrrole nitrogens is 1. The second-order valence-corrected chi connectivity index (χ2v) is 5.84. The molecule has 1 unspecified atom stereocenters. The van der Waals surface area contributed by atoms with E-state index in [1.807, 2.05) is 11.8 Å². The van der Waals surface area contributed by atoms with Gasteiger partial charge in [-0.05, 0) is 15.9 Å². The number of rotatable bonds is 1. The molecule has 0 aliphatic carbocycles. The zero-order valence-corrected chi connectivity index (χ0v) is 10.8. The molecule has 2 rings (SSSR count). The minimum Gasteiger partial charge on any atom is -0.354 e. The molecule has 0 bridgehead atoms. The lowest BCUT2D eigenvalue weighted by atomic mass is 10.3. The van der Waals surface area contributed by atoms with Crippen LogP contribution in [0.2, 0.25) is 0 Å². The fraction of sp³-hybridized carbons (Fsp3) is 0.556. The second kappa shape index (κ2) is 4.57. The Morgan fingerprint density at radius 1 is 1.73 bits per heavy atom. The van der Waals surface area contributed by atoms with Crippen molar-refractivity contribution in [1.29, 1.82) is 0 Å². The first-order valence-corrected chi connectivity index (χ1v) is 6.62. The van der Waals surface area contributed by atoms with Crippen LogP contribution in [0, 0.1) is 0 Å². The van der Waals surface area contributed by atoms with E-state index in [4.69, 9.17) is 0 Å². The molecule has 15 heavy (non-hydrogen) atoms. The number of aromatic nitrogens is 2. The van der Waals surface area contributed by atoms with E-state index in [1.165, 1.54) is 6.33 Å². The van der Waals surface area contributed by atoms with Gasteiger partial charge in [-0.15, -0.1) is 0 Å². The molecule has 1 fully saturated rings. The van der Waals surface area contributed by atoms with Crippen LogP contribution in [-0.2, 0) is 0 Å². The van der Waals surface area contributed by atoms with Crippen LogP contribution in [0.15, 0.2) is 15.6 Å². The number of halogens is 1. The molecule has 1 aromatic heterocycles. The molecule has 1 atom stereocenters. The number of hydrogen-bond donors (Lipinski definition) is 1. The number of nitrogens with zero attached hydrogens (tertiary/aromatic N) is 2. The first-order valence-electron chi connectivity index (χ1n) is 4.78. The van der Waals surface area contributed by atoms with Crippen molar-refractivity contribution in [2.45, 2.75) is 12.2 Å². The lowest BCUT2D eigenvalue weighted by Crippen LogP contribution is -2.38. The third-order valence-corrected chi connectivity index (χ3v) is 4.17. The first kappa shape index (κ1) is 11.0. The van der Waals surface area contributed by atoms with Crippen LogP contribution in [0.25, 0.3) is 0 Å². The highest BCUT2D eigenvalue weighted by molar-refractivity contribution is 9.10. The Morgan fingerprint density at radius 3 is 3.27 bits per heavy atom. The Balaban J connectivity index is 2.28. The van der Waals surface area contributed by atoms with Crippen LogP contribution in [0.4, 0.5) is 5.82 Å². The van der Waals surface area contributed by atoms with Gasteiger partial charge in [-0.3, -0.25) is 4.79 Å². The Morgan fingerprint density at radius 2 is 2.53 bits per heavy atom. The second-order valence-electron chi connectivity index (χ2n) is 3.50. The van der Waals surface area contributed by atoms with Gasteiger partial charge in [0.15, 0.2) is 0 Å². The number of anilines is 1. The van der Waals surface area contributed by atoms with Gasteiger partial charge in [-0.1, -0.05) is 6.92 Å². The van der Waals surface area contributed by atoms with Crippen LogP contribution in [0.1, 0.15) is 6.92 Å². The summed E-state index contributed by atoms with van der Waals surface area (Å²) in [5, 5.41) is 0.590. The van der Waals surface area contributed by atoms with Crippen molar-refractivity contribution in [3.05, 3.63) is 21.2 Å². The largest absolute Gasteiger partial charge is 0.354 e. The lowest BCUT2D eigenvalue weighted by molar-refractivity contribution is 0.764. The maximum absolute atomic E-state index is 11.4. The summed E-state index contributed by atoms with van der Waals surface area (Å²) >= 11 is 5.24. The van der Waals surface area contributed by atoms with Gasteiger partial charge < -0.3 is 9.88 Å². The van der Waals surface area contributed by atoms with Crippen molar-refractivity contribution < 1.29 is 0 Å². The standard InChI is InChI=1S/C9H12BrN3OS/c1-6-4-13(2-3-15-6)8-7(10)9(14)12-5-11-8/h5-6H,2-4H2,1H3,(H,11,12,14). The molecule has 1 N–H and O–H groups in total. The monoisotopic (exact) mass is 289 g/mol. The molecule has 1 aliphatic heterocycles. The van der Waals surface area contributed by atoms with E-state index in [9.17, 15) is 4.79 Å². The lowest BCUT2D eigenvalue weighted by Gasteiger charge is -2.31. The van der Waals surface area contributed by atoms with Crippen molar-refractivity contribution in [3.63, 3.8) is 0 Å². The van der Waals surface area contributed by atoms with Crippen LogP contribution < -0.4 is 10.5 Å². The number of hydrogen-bond acceptors (Lipinski definition) is 4. The highest BCUT2D eigenvalue weighted by atomic mass is 79.9. The highest BCUT2D eigenvalue weighted by Gasteiger charge is 2.20. The topological polar surface area (TPSA) is 49.0 Å². The van der Waals surface area contributed by atoms with Crippen molar-refractivity contribution >= 4 is 33.5 Å². The molecule has 1 aliphatic rings. The molecule has 82 valence electrons. The van der Waals surface area contributed by atoms with Crippen LogP contribution in [0.5, 0.6) is 0 Å². The predicted octanol–water partition coefficient (Wildman–Crippen LogP) is 1.47. The summed E-state index contributed by atoms with van der Waals surface area (Å²) in [6, 6.07) is 0. The third kappa shape index (κ3) is 2.36. The van der Waals surface area contributed by atoms with Crippen molar-refractivity contribution in [2.24, 2.45) is 0 Å². The number of nitrogens with one attached hydrogen (secondary N) is 1. The zero-order valence-electron chi connectivity index (χ0n) is 8.36. The van der Waals surface area contributed by atoms with Gasteiger partial charge in [0.05, 0.1) is 6.33 Å². The average Bonchev–Trinajstić information content (AvgIpc) is 2.22. The van der Waals surface area contributed by atoms with Crippen LogP contribution >= 0.6 is 27.7 Å². The van der Waals surface area contributed by atoms with Gasteiger partial charge >= 0.3 is 0 Å². The molecular formula is C9H12BrN3OS. The summed E-state index contributed by atoms with van der Waals surface area (Å²) in [4.78, 5) is 20.3. The molecule has 6 heteroatoms. The van der Waals surface area contributed by atoms with E-state index < -0.39 is 0 Å². The van der Waals surface area contributed by atoms with Crippen molar-refractivity contribution in [1.82, 2.24) is 9.97 Å². The summed E-state index contributed by atoms with van der Waals surface area (Å²) in [5.41, 5.74) is -0.120. The van der Waals surface area contributed by atoms with Gasteiger partial charge in [0.25, 0.3) is 5.56 Å². The Bertz CT molecular complexity index is 409. The fourth-order valence-corrected chi connectivity index (χ4v) is 3.09. The maximum atomic E-state index is 11.4. The van der Waals surface area contributed by atoms with Gasteiger partial charge in [0.1, 0.15) is 10.3 Å². The molecule has 0 amide bonds. The molecule has 1 aromatic rings. The zero-order chi connectivity index (χ0) is 10.8. The SMILES string of the molecule is CC1CN(c2nc[nH]c(=O)c2Br)CCS1. The summed E-state index contributed by atoms with van der Waals surface area (Å²) in [6.45, 7) is 4.09. The van der Waals surface area contributed by atoms with E-state index in [1.54, 1.807) is 0 Å². The van der Waals surface area contributed by atoms with Gasteiger partial charge in [-0.2, -0.15) is 11.8 Å². The highest BCUT2D eigenvalue weighted by Crippen LogP contribution is 2.25. The van der Waals surface area contributed by atoms with E-state index in [-0.39, 0.29) is 5.56 Å². The first-order chi connectivity index (χ1) is 7.18. The summed E-state index contributed by atoms with van der Waals surface area (Å²) < 4.78 is 0.532. The van der Waals surface area contributed by atoms with Gasteiger partial charge in [0, 0.05) is 24.1 Å². The molecular weight excluding hydrogens is 278 g/mol. The molecule has 0 radical (unpaired) electrons. The van der Waals surface area contributed by atoms with Crippen LogP contribution in [-0.4, -0.2) is 34.1 Å². The Kier molecular flexibility index (Phi) is 3.35. The van der Waals surface area contributed by atoms with Gasteiger partial charge in [-0.25, -0.2) is 4.98 Å². The minimum absolute atomic E-state index is 0.120. The summed E-state index contributed by atoms with van der Waals surface area (Å²) in [7, 11) is 0. The van der Waals surface area contributed by atoms with E-state index in [0.717, 1.165) is 24.7 Å². The van der Waals surface area contributed by atoms with Crippen molar-refractivity contribution in [2.75, 3.05) is 23.7 Å². The molecule has 0 aromatic carbocycles. The van der Waals surface area contributed by atoms with Crippen molar-refractivity contribution in [3.8, 4) is 0 Å². The number of aromatic amines is 1. The molecule has 1 saturated heterocycles. The number of thioether (sulfide) groups is 1. The quantitative estimate of drug-likeness (QED) is 0.851. The fourth-order valence-electron chi connectivity index (χ4n) is 1.60. The average molecular weight is 290 g/mol. The third-order valence-electron chi connectivity index (χ3n) is 2.32.